The van der Waals surface area contributed by atoms with Crippen molar-refractivity contribution in [2.24, 2.45) is 10.5 Å². The van der Waals surface area contributed by atoms with Gasteiger partial charge in [-0.2, -0.15) is 0 Å². The molecule has 0 aromatic rings. The number of ether oxygens (including phenoxy) is 1. The normalized spacial score (nSPS) is 41.8. The van der Waals surface area contributed by atoms with E-state index in [1.807, 2.05) is 0 Å². The van der Waals surface area contributed by atoms with E-state index in [2.05, 4.69) is 14.8 Å². The quantitative estimate of drug-likeness (QED) is 0.270. The summed E-state index contributed by atoms with van der Waals surface area (Å²) in [6.45, 7) is 0. The predicted octanol–water partition coefficient (Wildman–Crippen LogP) is 1.39. The zero-order chi connectivity index (χ0) is 8.82. The minimum atomic E-state index is -0.289. The van der Waals surface area contributed by atoms with Gasteiger partial charge < -0.3 is 4.74 Å². The van der Waals surface area contributed by atoms with Crippen molar-refractivity contribution in [1.29, 1.82) is 0 Å². The van der Waals surface area contributed by atoms with Gasteiger partial charge in [0.05, 0.1) is 18.1 Å². The van der Waals surface area contributed by atoms with E-state index in [4.69, 9.17) is 5.53 Å². The molecule has 0 aromatic carbocycles. The van der Waals surface area contributed by atoms with Crippen LogP contribution in [0.5, 0.6) is 0 Å². The molecule has 0 aromatic heterocycles. The van der Waals surface area contributed by atoms with Crippen molar-refractivity contribution in [2.45, 2.75) is 24.8 Å². The minimum absolute atomic E-state index is 0.155. The Kier molecular flexibility index (Phi) is 1.19. The molecule has 64 valence electrons. The number of carbonyl (C=O) groups is 1. The van der Waals surface area contributed by atoms with Crippen molar-refractivity contribution < 1.29 is 9.53 Å². The molecule has 3 aliphatic rings. The number of hydrogen-bond acceptors (Lipinski definition) is 3. The monoisotopic (exact) mass is 167 g/mol. The largest absolute Gasteiger partial charge is 0.469 e. The smallest absolute Gasteiger partial charge is 0.311 e. The molecule has 0 aliphatic heterocycles. The average Bonchev–Trinajstić information content (AvgIpc) is 1.92. The highest BCUT2D eigenvalue weighted by Crippen LogP contribution is 2.69. The molecular formula is C7H9N3O2. The van der Waals surface area contributed by atoms with E-state index in [0.717, 1.165) is 0 Å². The summed E-state index contributed by atoms with van der Waals surface area (Å²) in [5.41, 5.74) is 7.69. The third-order valence-corrected chi connectivity index (χ3v) is 2.88. The Morgan fingerprint density at radius 3 is 2.58 bits per heavy atom. The van der Waals surface area contributed by atoms with E-state index in [-0.39, 0.29) is 16.9 Å². The van der Waals surface area contributed by atoms with Crippen LogP contribution in [0.2, 0.25) is 0 Å². The second-order valence-electron chi connectivity index (χ2n) is 3.72. The van der Waals surface area contributed by atoms with Crippen molar-refractivity contribution in [1.82, 2.24) is 0 Å². The maximum Gasteiger partial charge on any atom is 0.311 e. The molecule has 3 aliphatic carbocycles. The van der Waals surface area contributed by atoms with Crippen LogP contribution in [-0.2, 0) is 9.53 Å². The van der Waals surface area contributed by atoms with Crippen LogP contribution in [0, 0.1) is 5.41 Å². The second kappa shape index (κ2) is 1.93. The fourth-order valence-electron chi connectivity index (χ4n) is 2.37. The predicted molar refractivity (Wildman–Crippen MR) is 40.2 cm³/mol. The highest BCUT2D eigenvalue weighted by molar-refractivity contribution is 5.82. The molecule has 2 bridgehead atoms. The first-order chi connectivity index (χ1) is 5.66. The Bertz CT molecular complexity index is 273. The zero-order valence-electron chi connectivity index (χ0n) is 6.78. The number of methoxy groups -OCH3 is 1. The van der Waals surface area contributed by atoms with E-state index in [9.17, 15) is 4.79 Å². The van der Waals surface area contributed by atoms with Gasteiger partial charge in [0.25, 0.3) is 0 Å². The third-order valence-electron chi connectivity index (χ3n) is 2.88. The van der Waals surface area contributed by atoms with Crippen LogP contribution in [-0.4, -0.2) is 18.6 Å². The Labute approximate surface area is 69.3 Å². The summed E-state index contributed by atoms with van der Waals surface area (Å²) in [4.78, 5) is 13.9. The number of rotatable bonds is 2. The van der Waals surface area contributed by atoms with Gasteiger partial charge in [0.2, 0.25) is 0 Å². The van der Waals surface area contributed by atoms with Crippen molar-refractivity contribution in [3.63, 3.8) is 0 Å². The van der Waals surface area contributed by atoms with Gasteiger partial charge in [-0.3, -0.25) is 4.79 Å². The maximum absolute atomic E-state index is 11.1. The van der Waals surface area contributed by atoms with Gasteiger partial charge in [-0.1, -0.05) is 5.11 Å². The first-order valence-corrected chi connectivity index (χ1v) is 3.81. The number of carbonyl (C=O) groups excluding carboxylic acids is 1. The molecule has 0 amide bonds. The first kappa shape index (κ1) is 7.43. The molecule has 5 heteroatoms. The van der Waals surface area contributed by atoms with Crippen molar-refractivity contribution >= 4 is 5.97 Å². The van der Waals surface area contributed by atoms with Gasteiger partial charge in [-0.25, -0.2) is 0 Å². The molecule has 12 heavy (non-hydrogen) atoms. The Morgan fingerprint density at radius 1 is 1.58 bits per heavy atom. The van der Waals surface area contributed by atoms with E-state index in [1.165, 1.54) is 7.11 Å². The number of hydrogen-bond donors (Lipinski definition) is 0. The SMILES string of the molecule is COC(=O)C12CC(N=[N+]=[N-])(C1)C2. The van der Waals surface area contributed by atoms with Gasteiger partial charge in [0, 0.05) is 4.91 Å². The standard InChI is InChI=1S/C7H9N3O2/c1-12-5(11)6-2-7(3-6,4-6)9-10-8/h2-4H2,1H3. The Morgan fingerprint density at radius 2 is 2.17 bits per heavy atom. The molecule has 0 radical (unpaired) electrons. The van der Waals surface area contributed by atoms with Crippen molar-refractivity contribution in [3.05, 3.63) is 10.4 Å². The fraction of sp³-hybridized carbons (Fsp3) is 0.857. The van der Waals surface area contributed by atoms with Gasteiger partial charge in [0.1, 0.15) is 0 Å². The molecule has 0 N–H and O–H groups in total. The molecule has 5 nitrogen and oxygen atoms in total. The van der Waals surface area contributed by atoms with Crippen molar-refractivity contribution in [3.8, 4) is 0 Å². The molecular weight excluding hydrogens is 158 g/mol. The summed E-state index contributed by atoms with van der Waals surface area (Å²) in [5, 5.41) is 3.66. The van der Waals surface area contributed by atoms with Crippen LogP contribution in [0.1, 0.15) is 19.3 Å². The summed E-state index contributed by atoms with van der Waals surface area (Å²) >= 11 is 0. The summed E-state index contributed by atoms with van der Waals surface area (Å²) in [7, 11) is 1.39. The summed E-state index contributed by atoms with van der Waals surface area (Å²) in [6.07, 6.45) is 2.03. The average molecular weight is 167 g/mol. The zero-order valence-corrected chi connectivity index (χ0v) is 6.78. The number of nitrogens with zero attached hydrogens (tertiary/aromatic N) is 3. The Balaban J connectivity index is 2.04. The van der Waals surface area contributed by atoms with Crippen molar-refractivity contribution in [2.75, 3.05) is 7.11 Å². The number of esters is 1. The molecule has 0 atom stereocenters. The Hall–Kier alpha value is -1.22. The summed E-state index contributed by atoms with van der Waals surface area (Å²) in [6, 6.07) is 0. The lowest BCUT2D eigenvalue weighted by Crippen LogP contribution is -2.69. The van der Waals surface area contributed by atoms with Gasteiger partial charge in [0.15, 0.2) is 0 Å². The molecule has 3 saturated carbocycles. The lowest BCUT2D eigenvalue weighted by atomic mass is 9.40. The highest BCUT2D eigenvalue weighted by Gasteiger charge is 2.72. The van der Waals surface area contributed by atoms with Gasteiger partial charge in [-0.05, 0) is 24.8 Å². The van der Waals surface area contributed by atoms with Crippen LogP contribution in [0.25, 0.3) is 10.4 Å². The van der Waals surface area contributed by atoms with E-state index in [0.29, 0.717) is 19.3 Å². The first-order valence-electron chi connectivity index (χ1n) is 3.81. The molecule has 3 fully saturated rings. The second-order valence-corrected chi connectivity index (χ2v) is 3.72. The minimum Gasteiger partial charge on any atom is -0.469 e. The molecule has 0 spiro atoms. The maximum atomic E-state index is 11.1. The fourth-order valence-corrected chi connectivity index (χ4v) is 2.37. The van der Waals surface area contributed by atoms with Crippen LogP contribution in [0.3, 0.4) is 0 Å². The lowest BCUT2D eigenvalue weighted by molar-refractivity contribution is -0.194. The lowest BCUT2D eigenvalue weighted by Gasteiger charge is -2.65. The van der Waals surface area contributed by atoms with Crippen LogP contribution in [0.15, 0.2) is 5.11 Å². The van der Waals surface area contributed by atoms with Gasteiger partial charge in [-0.15, -0.1) is 0 Å². The summed E-state index contributed by atoms with van der Waals surface area (Å²) < 4.78 is 4.64. The molecule has 0 heterocycles. The molecule has 0 saturated heterocycles. The number of azide groups is 1. The van der Waals surface area contributed by atoms with Crippen LogP contribution >= 0.6 is 0 Å². The van der Waals surface area contributed by atoms with E-state index < -0.39 is 0 Å². The van der Waals surface area contributed by atoms with Gasteiger partial charge >= 0.3 is 5.97 Å². The van der Waals surface area contributed by atoms with E-state index in [1.54, 1.807) is 0 Å². The van der Waals surface area contributed by atoms with Crippen LogP contribution in [0.4, 0.5) is 0 Å². The third kappa shape index (κ3) is 0.642. The molecule has 0 unspecified atom stereocenters. The topological polar surface area (TPSA) is 75.1 Å². The van der Waals surface area contributed by atoms with Crippen LogP contribution < -0.4 is 0 Å². The summed E-state index contributed by atoms with van der Waals surface area (Å²) in [5.74, 6) is -0.155. The van der Waals surface area contributed by atoms with E-state index >= 15 is 0 Å². The highest BCUT2D eigenvalue weighted by atomic mass is 16.5. The molecule has 3 rings (SSSR count).